The van der Waals surface area contributed by atoms with Gasteiger partial charge in [0.1, 0.15) is 0 Å². The summed E-state index contributed by atoms with van der Waals surface area (Å²) >= 11 is 8.92. The summed E-state index contributed by atoms with van der Waals surface area (Å²) in [7, 11) is 0. The van der Waals surface area contributed by atoms with Crippen LogP contribution in [-0.2, 0) is 6.61 Å². The van der Waals surface area contributed by atoms with Crippen molar-refractivity contribution in [2.45, 2.75) is 15.8 Å². The third kappa shape index (κ3) is 2.49. The molecule has 1 N–H and O–H groups in total. The number of hydrogen-bond donors (Lipinski definition) is 1. The lowest BCUT2D eigenvalue weighted by Gasteiger charge is -2.05. The maximum Gasteiger partial charge on any atom is 0.154 e. The molecule has 0 saturated heterocycles. The molecule has 78 valence electrons. The van der Waals surface area contributed by atoms with Gasteiger partial charge in [0.2, 0.25) is 0 Å². The van der Waals surface area contributed by atoms with Crippen molar-refractivity contribution in [1.29, 1.82) is 0 Å². The summed E-state index contributed by atoms with van der Waals surface area (Å²) in [4.78, 5) is 8.98. The maximum atomic E-state index is 9.19. The summed E-state index contributed by atoms with van der Waals surface area (Å²) < 4.78 is 0.911. The number of pyridine rings is 1. The number of nitrogens with zero attached hydrogens (tertiary/aromatic N) is 2. The van der Waals surface area contributed by atoms with E-state index in [1.165, 1.54) is 18.0 Å². The molecule has 3 nitrogen and oxygen atoms in total. The van der Waals surface area contributed by atoms with Crippen molar-refractivity contribution in [3.05, 3.63) is 34.6 Å². The van der Waals surface area contributed by atoms with Crippen LogP contribution in [0.3, 0.4) is 0 Å². The summed E-state index contributed by atoms with van der Waals surface area (Å²) in [5, 5.41) is 11.6. The highest BCUT2D eigenvalue weighted by Crippen LogP contribution is 2.33. The van der Waals surface area contributed by atoms with Gasteiger partial charge in [-0.15, -0.1) is 11.3 Å². The van der Waals surface area contributed by atoms with Gasteiger partial charge >= 0.3 is 0 Å². The lowest BCUT2D eigenvalue weighted by Crippen LogP contribution is -1.90. The number of halogens is 1. The molecule has 2 aromatic rings. The minimum Gasteiger partial charge on any atom is -0.392 e. The van der Waals surface area contributed by atoms with Crippen LogP contribution in [0.2, 0.25) is 5.02 Å². The number of aliphatic hydroxyl groups is 1. The van der Waals surface area contributed by atoms with Gasteiger partial charge < -0.3 is 5.11 Å². The number of aliphatic hydroxyl groups excluding tert-OH is 1. The fourth-order valence-electron chi connectivity index (χ4n) is 1.04. The van der Waals surface area contributed by atoms with Gasteiger partial charge in [-0.05, 0) is 0 Å². The molecule has 0 saturated carbocycles. The van der Waals surface area contributed by atoms with Crippen molar-refractivity contribution in [3.63, 3.8) is 0 Å². The molecule has 0 aliphatic heterocycles. The first kappa shape index (κ1) is 10.9. The Morgan fingerprint density at radius 1 is 1.47 bits per heavy atom. The SMILES string of the molecule is OCc1c(Cl)cncc1Sc1nccs1. The second-order valence-corrected chi connectivity index (χ2v) is 5.25. The number of thiazole rings is 1. The summed E-state index contributed by atoms with van der Waals surface area (Å²) in [6.07, 6.45) is 4.95. The van der Waals surface area contributed by atoms with E-state index in [4.69, 9.17) is 11.6 Å². The van der Waals surface area contributed by atoms with E-state index >= 15 is 0 Å². The highest BCUT2D eigenvalue weighted by molar-refractivity contribution is 8.01. The van der Waals surface area contributed by atoms with Crippen LogP contribution in [0.1, 0.15) is 5.56 Å². The van der Waals surface area contributed by atoms with E-state index in [0.717, 1.165) is 9.24 Å². The topological polar surface area (TPSA) is 46.0 Å². The molecule has 0 aliphatic carbocycles. The smallest absolute Gasteiger partial charge is 0.154 e. The van der Waals surface area contributed by atoms with Gasteiger partial charge in [-0.2, -0.15) is 0 Å². The molecule has 2 heterocycles. The Bertz CT molecular complexity index is 447. The van der Waals surface area contributed by atoms with Crippen LogP contribution in [0.4, 0.5) is 0 Å². The maximum absolute atomic E-state index is 9.19. The van der Waals surface area contributed by atoms with Crippen molar-refractivity contribution < 1.29 is 5.11 Å². The van der Waals surface area contributed by atoms with Gasteiger partial charge in [-0.25, -0.2) is 4.98 Å². The van der Waals surface area contributed by atoms with Crippen LogP contribution in [0.25, 0.3) is 0 Å². The Labute approximate surface area is 100 Å². The minimum atomic E-state index is -0.0882. The van der Waals surface area contributed by atoms with Crippen LogP contribution in [0.15, 0.2) is 33.2 Å². The summed E-state index contributed by atoms with van der Waals surface area (Å²) in [5.74, 6) is 0. The average molecular weight is 259 g/mol. The molecule has 0 bridgehead atoms. The number of hydrogen-bond acceptors (Lipinski definition) is 5. The Morgan fingerprint density at radius 3 is 3.00 bits per heavy atom. The zero-order valence-electron chi connectivity index (χ0n) is 7.55. The van der Waals surface area contributed by atoms with E-state index in [1.807, 2.05) is 5.38 Å². The van der Waals surface area contributed by atoms with Crippen molar-refractivity contribution in [3.8, 4) is 0 Å². The molecule has 0 atom stereocenters. The monoisotopic (exact) mass is 258 g/mol. The fraction of sp³-hybridized carbons (Fsp3) is 0.111. The lowest BCUT2D eigenvalue weighted by molar-refractivity contribution is 0.279. The fourth-order valence-corrected chi connectivity index (χ4v) is 3.02. The predicted octanol–water partition coefficient (Wildman–Crippen LogP) is 2.84. The Kier molecular flexibility index (Phi) is 3.58. The van der Waals surface area contributed by atoms with Crippen molar-refractivity contribution in [2.75, 3.05) is 0 Å². The van der Waals surface area contributed by atoms with Gasteiger partial charge in [0.15, 0.2) is 4.34 Å². The van der Waals surface area contributed by atoms with Crippen molar-refractivity contribution >= 4 is 34.7 Å². The Balaban J connectivity index is 2.32. The van der Waals surface area contributed by atoms with E-state index < -0.39 is 0 Å². The van der Waals surface area contributed by atoms with E-state index in [2.05, 4.69) is 9.97 Å². The van der Waals surface area contributed by atoms with Crippen LogP contribution in [-0.4, -0.2) is 15.1 Å². The first-order chi connectivity index (χ1) is 7.31. The quantitative estimate of drug-likeness (QED) is 0.920. The first-order valence-electron chi connectivity index (χ1n) is 4.12. The van der Waals surface area contributed by atoms with Crippen molar-refractivity contribution in [2.24, 2.45) is 0 Å². The van der Waals surface area contributed by atoms with E-state index in [-0.39, 0.29) is 6.61 Å². The zero-order chi connectivity index (χ0) is 10.7. The number of rotatable bonds is 3. The van der Waals surface area contributed by atoms with E-state index in [0.29, 0.717) is 10.6 Å². The third-order valence-electron chi connectivity index (χ3n) is 1.73. The largest absolute Gasteiger partial charge is 0.392 e. The third-order valence-corrected chi connectivity index (χ3v) is 4.01. The lowest BCUT2D eigenvalue weighted by atomic mass is 10.3. The van der Waals surface area contributed by atoms with Crippen LogP contribution < -0.4 is 0 Å². The van der Waals surface area contributed by atoms with Crippen LogP contribution in [0.5, 0.6) is 0 Å². The highest BCUT2D eigenvalue weighted by atomic mass is 35.5. The van der Waals surface area contributed by atoms with Gasteiger partial charge in [0.25, 0.3) is 0 Å². The molecule has 2 rings (SSSR count). The van der Waals surface area contributed by atoms with Gasteiger partial charge in [0.05, 0.1) is 11.6 Å². The van der Waals surface area contributed by atoms with E-state index in [1.54, 1.807) is 23.7 Å². The molecule has 0 fully saturated rings. The summed E-state index contributed by atoms with van der Waals surface area (Å²) in [5.41, 5.74) is 0.701. The standard InChI is InChI=1S/C9H7ClN2OS2/c10-7-3-11-4-8(6(7)5-13)15-9-12-1-2-14-9/h1-4,13H,5H2. The second kappa shape index (κ2) is 4.94. The van der Waals surface area contributed by atoms with Gasteiger partial charge in [-0.3, -0.25) is 4.98 Å². The molecule has 15 heavy (non-hydrogen) atoms. The second-order valence-electron chi connectivity index (χ2n) is 2.66. The van der Waals surface area contributed by atoms with Gasteiger partial charge in [-0.1, -0.05) is 23.4 Å². The molecule has 2 aromatic heterocycles. The molecule has 0 amide bonds. The predicted molar refractivity (Wildman–Crippen MR) is 61.4 cm³/mol. The van der Waals surface area contributed by atoms with Crippen LogP contribution >= 0.6 is 34.7 Å². The summed E-state index contributed by atoms with van der Waals surface area (Å²) in [6, 6.07) is 0. The average Bonchev–Trinajstić information content (AvgIpc) is 2.71. The molecule has 0 radical (unpaired) electrons. The highest BCUT2D eigenvalue weighted by Gasteiger charge is 2.09. The van der Waals surface area contributed by atoms with Gasteiger partial charge in [0, 0.05) is 34.4 Å². The molecule has 0 aromatic carbocycles. The molecule has 0 unspecified atom stereocenters. The molecular weight excluding hydrogens is 252 g/mol. The molecule has 0 aliphatic rings. The molecular formula is C9H7ClN2OS2. The number of aromatic nitrogens is 2. The normalized spacial score (nSPS) is 10.5. The Morgan fingerprint density at radius 2 is 2.33 bits per heavy atom. The van der Waals surface area contributed by atoms with Crippen LogP contribution in [0, 0.1) is 0 Å². The zero-order valence-corrected chi connectivity index (χ0v) is 9.94. The summed E-state index contributed by atoms with van der Waals surface area (Å²) in [6.45, 7) is -0.0882. The van der Waals surface area contributed by atoms with Crippen molar-refractivity contribution in [1.82, 2.24) is 9.97 Å². The van der Waals surface area contributed by atoms with E-state index in [9.17, 15) is 5.11 Å². The molecule has 6 heteroatoms. The minimum absolute atomic E-state index is 0.0882. The first-order valence-corrected chi connectivity index (χ1v) is 6.19. The Hall–Kier alpha value is -0.620. The molecule has 0 spiro atoms.